The van der Waals surface area contributed by atoms with Crippen LogP contribution in [0.15, 0.2) is 36.4 Å². The Morgan fingerprint density at radius 1 is 1.10 bits per heavy atom. The highest BCUT2D eigenvalue weighted by molar-refractivity contribution is 6.05. The number of carbonyl (C=O) groups excluding carboxylic acids is 3. The normalized spacial score (nSPS) is 26.3. The number of anilines is 1. The number of hydrogen-bond donors (Lipinski definition) is 1. The molecule has 3 unspecified atom stereocenters. The number of carbonyl (C=O) groups is 3. The monoisotopic (exact) mass is 427 g/mol. The summed E-state index contributed by atoms with van der Waals surface area (Å²) in [4.78, 5) is 42.9. The molecule has 0 spiro atoms. The third-order valence-electron chi connectivity index (χ3n) is 6.39. The molecule has 4 rings (SSSR count). The Labute approximate surface area is 182 Å². The van der Waals surface area contributed by atoms with Gasteiger partial charge < -0.3 is 14.7 Å². The Hall–Kier alpha value is -2.87. The summed E-state index contributed by atoms with van der Waals surface area (Å²) in [7, 11) is 0. The van der Waals surface area contributed by atoms with Crippen LogP contribution in [0, 0.1) is 11.8 Å². The summed E-state index contributed by atoms with van der Waals surface area (Å²) < 4.78 is 5.27. The van der Waals surface area contributed by atoms with Crippen LogP contribution in [0.25, 0.3) is 0 Å². The number of allylic oxidation sites excluding steroid dienone is 1. The lowest BCUT2D eigenvalue weighted by atomic mass is 9.83. The topological polar surface area (TPSA) is 90.4 Å². The number of rotatable bonds is 6. The molecule has 1 N–H and O–H groups in total. The van der Waals surface area contributed by atoms with Gasteiger partial charge in [0.05, 0.1) is 17.5 Å². The minimum atomic E-state index is -0.653. The molecule has 8 heteroatoms. The molecule has 31 heavy (non-hydrogen) atoms. The SMILES string of the molecule is CC(=O)OC1C=CCC2C(=O)N(CCCN3CCN(c4ccccc4O)CC3)C(=O)C12. The number of likely N-dealkylation sites (tertiary alicyclic amines) is 1. The second kappa shape index (κ2) is 9.09. The van der Waals surface area contributed by atoms with Crippen LogP contribution in [0.1, 0.15) is 19.8 Å². The lowest BCUT2D eigenvalue weighted by Crippen LogP contribution is -2.47. The van der Waals surface area contributed by atoms with Crippen molar-refractivity contribution in [2.45, 2.75) is 25.9 Å². The molecule has 2 aliphatic heterocycles. The van der Waals surface area contributed by atoms with Gasteiger partial charge in [-0.15, -0.1) is 0 Å². The number of para-hydroxylation sites is 2. The van der Waals surface area contributed by atoms with Crippen molar-refractivity contribution in [3.8, 4) is 5.75 Å². The molecule has 2 heterocycles. The average Bonchev–Trinajstić information content (AvgIpc) is 3.00. The van der Waals surface area contributed by atoms with Gasteiger partial charge in [-0.05, 0) is 37.6 Å². The Bertz CT molecular complexity index is 878. The second-order valence-corrected chi connectivity index (χ2v) is 8.37. The van der Waals surface area contributed by atoms with E-state index in [4.69, 9.17) is 4.74 Å². The summed E-state index contributed by atoms with van der Waals surface area (Å²) >= 11 is 0. The summed E-state index contributed by atoms with van der Waals surface area (Å²) in [5.74, 6) is -1.55. The zero-order valence-corrected chi connectivity index (χ0v) is 17.8. The van der Waals surface area contributed by atoms with Crippen LogP contribution in [0.3, 0.4) is 0 Å². The number of esters is 1. The zero-order chi connectivity index (χ0) is 22.0. The van der Waals surface area contributed by atoms with Crippen molar-refractivity contribution in [3.05, 3.63) is 36.4 Å². The number of fused-ring (bicyclic) bond motifs is 1. The highest BCUT2D eigenvalue weighted by Gasteiger charge is 2.52. The van der Waals surface area contributed by atoms with Gasteiger partial charge in [0, 0.05) is 39.6 Å². The van der Waals surface area contributed by atoms with Crippen LogP contribution >= 0.6 is 0 Å². The number of phenols is 1. The molecule has 0 aromatic heterocycles. The Kier molecular flexibility index (Phi) is 6.27. The van der Waals surface area contributed by atoms with E-state index in [2.05, 4.69) is 9.80 Å². The first-order chi connectivity index (χ1) is 15.0. The second-order valence-electron chi connectivity index (χ2n) is 8.37. The van der Waals surface area contributed by atoms with Crippen molar-refractivity contribution in [2.75, 3.05) is 44.2 Å². The molecule has 166 valence electrons. The van der Waals surface area contributed by atoms with Crippen LogP contribution in [0.4, 0.5) is 5.69 Å². The first-order valence-corrected chi connectivity index (χ1v) is 10.9. The smallest absolute Gasteiger partial charge is 0.303 e. The first kappa shape index (κ1) is 21.4. The third-order valence-corrected chi connectivity index (χ3v) is 6.39. The van der Waals surface area contributed by atoms with Crippen molar-refractivity contribution in [1.29, 1.82) is 0 Å². The summed E-state index contributed by atoms with van der Waals surface area (Å²) in [6.07, 6.45) is 4.12. The molecule has 1 aromatic rings. The summed E-state index contributed by atoms with van der Waals surface area (Å²) in [6.45, 7) is 5.86. The molecule has 1 aliphatic carbocycles. The van der Waals surface area contributed by atoms with Gasteiger partial charge in [-0.25, -0.2) is 0 Å². The summed E-state index contributed by atoms with van der Waals surface area (Å²) in [5.41, 5.74) is 0.856. The van der Waals surface area contributed by atoms with E-state index in [0.717, 1.165) is 38.4 Å². The van der Waals surface area contributed by atoms with Crippen LogP contribution in [-0.2, 0) is 19.1 Å². The van der Waals surface area contributed by atoms with Gasteiger partial charge in [0.25, 0.3) is 0 Å². The van der Waals surface area contributed by atoms with E-state index in [9.17, 15) is 19.5 Å². The van der Waals surface area contributed by atoms with Gasteiger partial charge in [0.1, 0.15) is 11.9 Å². The molecule has 0 radical (unpaired) electrons. The fraction of sp³-hybridized carbons (Fsp3) is 0.522. The van der Waals surface area contributed by atoms with Crippen LogP contribution in [0.2, 0.25) is 0 Å². The summed E-state index contributed by atoms with van der Waals surface area (Å²) in [5, 5.41) is 10.0. The van der Waals surface area contributed by atoms with E-state index < -0.39 is 23.9 Å². The Morgan fingerprint density at radius 2 is 1.84 bits per heavy atom. The van der Waals surface area contributed by atoms with Crippen LogP contribution in [-0.4, -0.2) is 78.1 Å². The maximum Gasteiger partial charge on any atom is 0.303 e. The maximum absolute atomic E-state index is 12.9. The Morgan fingerprint density at radius 3 is 2.55 bits per heavy atom. The number of nitrogens with zero attached hydrogens (tertiary/aromatic N) is 3. The van der Waals surface area contributed by atoms with E-state index >= 15 is 0 Å². The molecule has 0 bridgehead atoms. The van der Waals surface area contributed by atoms with E-state index in [0.29, 0.717) is 25.1 Å². The van der Waals surface area contributed by atoms with Gasteiger partial charge >= 0.3 is 5.97 Å². The van der Waals surface area contributed by atoms with Gasteiger partial charge in [-0.1, -0.05) is 18.2 Å². The number of imide groups is 1. The largest absolute Gasteiger partial charge is 0.506 e. The molecule has 0 saturated carbocycles. The fourth-order valence-electron chi connectivity index (χ4n) is 4.83. The minimum absolute atomic E-state index is 0.152. The number of benzene rings is 1. The van der Waals surface area contributed by atoms with Crippen molar-refractivity contribution >= 4 is 23.5 Å². The van der Waals surface area contributed by atoms with Crippen molar-refractivity contribution in [2.24, 2.45) is 11.8 Å². The highest BCUT2D eigenvalue weighted by atomic mass is 16.5. The standard InChI is InChI=1S/C23H29N3O5/c1-16(27)31-20-9-4-6-17-21(20)23(30)26(22(17)29)11-5-10-24-12-14-25(15-13-24)18-7-2-3-8-19(18)28/h2-4,7-9,17,20-21,28H,5-6,10-15H2,1H3. The summed E-state index contributed by atoms with van der Waals surface area (Å²) in [6, 6.07) is 7.36. The lowest BCUT2D eigenvalue weighted by Gasteiger charge is -2.36. The molecule has 2 fully saturated rings. The number of piperazine rings is 1. The molecule has 3 atom stereocenters. The molecule has 8 nitrogen and oxygen atoms in total. The molecule has 3 aliphatic rings. The van der Waals surface area contributed by atoms with Crippen molar-refractivity contribution in [1.82, 2.24) is 9.80 Å². The van der Waals surface area contributed by atoms with Gasteiger partial charge in [-0.3, -0.25) is 24.2 Å². The van der Waals surface area contributed by atoms with E-state index in [1.54, 1.807) is 12.1 Å². The third kappa shape index (κ3) is 4.44. The number of aromatic hydroxyl groups is 1. The lowest BCUT2D eigenvalue weighted by molar-refractivity contribution is -0.149. The molecular formula is C23H29N3O5. The molecule has 2 amide bonds. The average molecular weight is 428 g/mol. The fourth-order valence-corrected chi connectivity index (χ4v) is 4.83. The molecular weight excluding hydrogens is 398 g/mol. The van der Waals surface area contributed by atoms with Gasteiger partial charge in [0.2, 0.25) is 11.8 Å². The maximum atomic E-state index is 12.9. The highest BCUT2D eigenvalue weighted by Crippen LogP contribution is 2.37. The van der Waals surface area contributed by atoms with Crippen molar-refractivity contribution in [3.63, 3.8) is 0 Å². The van der Waals surface area contributed by atoms with E-state index in [-0.39, 0.29) is 11.8 Å². The van der Waals surface area contributed by atoms with Gasteiger partial charge in [0.15, 0.2) is 0 Å². The van der Waals surface area contributed by atoms with E-state index in [1.807, 2.05) is 24.3 Å². The number of phenolic OH excluding ortho intramolecular Hbond substituents is 1. The van der Waals surface area contributed by atoms with Crippen LogP contribution in [0.5, 0.6) is 5.75 Å². The van der Waals surface area contributed by atoms with Crippen molar-refractivity contribution < 1.29 is 24.2 Å². The molecule has 2 saturated heterocycles. The minimum Gasteiger partial charge on any atom is -0.506 e. The predicted octanol–water partition coefficient (Wildman–Crippen LogP) is 1.40. The first-order valence-electron chi connectivity index (χ1n) is 10.9. The number of ether oxygens (including phenoxy) is 1. The zero-order valence-electron chi connectivity index (χ0n) is 17.8. The number of hydrogen-bond acceptors (Lipinski definition) is 7. The van der Waals surface area contributed by atoms with Crippen LogP contribution < -0.4 is 4.90 Å². The van der Waals surface area contributed by atoms with E-state index in [1.165, 1.54) is 11.8 Å². The number of amides is 2. The predicted molar refractivity (Wildman–Crippen MR) is 114 cm³/mol. The quantitative estimate of drug-likeness (QED) is 0.417. The van der Waals surface area contributed by atoms with Gasteiger partial charge in [-0.2, -0.15) is 0 Å². The Balaban J connectivity index is 1.27. The molecule has 1 aromatic carbocycles.